The number of rotatable bonds is 4. The van der Waals surface area contributed by atoms with Crippen molar-refractivity contribution in [3.8, 4) is 5.75 Å². The van der Waals surface area contributed by atoms with E-state index in [0.29, 0.717) is 5.69 Å². The summed E-state index contributed by atoms with van der Waals surface area (Å²) < 4.78 is 32.6. The Balaban J connectivity index is 1.73. The van der Waals surface area contributed by atoms with Crippen LogP contribution in [0.1, 0.15) is 13.8 Å². The van der Waals surface area contributed by atoms with Gasteiger partial charge in [-0.05, 0) is 13.0 Å². The van der Waals surface area contributed by atoms with Crippen molar-refractivity contribution >= 4 is 45.0 Å². The van der Waals surface area contributed by atoms with Gasteiger partial charge in [0.25, 0.3) is 5.91 Å². The zero-order valence-corrected chi connectivity index (χ0v) is 17.5. The number of halogens is 1. The molecule has 2 aliphatic rings. The number of hydrogen-bond donors (Lipinski definition) is 2. The molecule has 3 rings (SSSR count). The maximum absolute atomic E-state index is 13.1. The first-order valence-corrected chi connectivity index (χ1v) is 10.7. The fourth-order valence-corrected chi connectivity index (χ4v) is 5.15. The molecule has 2 aliphatic heterocycles. The molecule has 0 spiro atoms. The van der Waals surface area contributed by atoms with Gasteiger partial charge in [-0.15, -0.1) is 0 Å². The van der Waals surface area contributed by atoms with E-state index < -0.39 is 16.1 Å². The minimum atomic E-state index is -3.93. The molecule has 1 aromatic rings. The van der Waals surface area contributed by atoms with Crippen LogP contribution < -0.4 is 15.4 Å². The van der Waals surface area contributed by atoms with Gasteiger partial charge in [0, 0.05) is 39.2 Å². The van der Waals surface area contributed by atoms with E-state index in [-0.39, 0.29) is 66.2 Å². The maximum Gasteiger partial charge on any atom is 0.262 e. The SMILES string of the molecule is CC(=O)N[C@@H](C)C(=O)N1CCN(S(=O)(=O)c2cc3c(cc2Cl)NC(=O)CO3)CC1. The summed E-state index contributed by atoms with van der Waals surface area (Å²) in [4.78, 5) is 36.3. The number of hydrogen-bond acceptors (Lipinski definition) is 6. The summed E-state index contributed by atoms with van der Waals surface area (Å²) in [5.41, 5.74) is 0.313. The highest BCUT2D eigenvalue weighted by Gasteiger charge is 2.34. The number of anilines is 1. The summed E-state index contributed by atoms with van der Waals surface area (Å²) in [5.74, 6) is -0.704. The number of carbonyl (C=O) groups is 3. The molecule has 0 aliphatic carbocycles. The van der Waals surface area contributed by atoms with Crippen molar-refractivity contribution in [1.82, 2.24) is 14.5 Å². The van der Waals surface area contributed by atoms with Gasteiger partial charge < -0.3 is 20.3 Å². The topological polar surface area (TPSA) is 125 Å². The predicted molar refractivity (Wildman–Crippen MR) is 104 cm³/mol. The summed E-state index contributed by atoms with van der Waals surface area (Å²) in [6, 6.07) is 1.96. The van der Waals surface area contributed by atoms with E-state index in [4.69, 9.17) is 16.3 Å². The quantitative estimate of drug-likeness (QED) is 0.674. The van der Waals surface area contributed by atoms with Crippen LogP contribution in [0.3, 0.4) is 0 Å². The van der Waals surface area contributed by atoms with Gasteiger partial charge >= 0.3 is 0 Å². The molecular weight excluding hydrogens is 424 g/mol. The van der Waals surface area contributed by atoms with Crippen molar-refractivity contribution in [3.05, 3.63) is 17.2 Å². The number of nitrogens with one attached hydrogen (secondary N) is 2. The van der Waals surface area contributed by atoms with Crippen molar-refractivity contribution < 1.29 is 27.5 Å². The Morgan fingerprint density at radius 1 is 1.24 bits per heavy atom. The highest BCUT2D eigenvalue weighted by molar-refractivity contribution is 7.89. The second-order valence-electron chi connectivity index (χ2n) is 6.77. The smallest absolute Gasteiger partial charge is 0.262 e. The average Bonchev–Trinajstić information content (AvgIpc) is 2.66. The molecule has 1 fully saturated rings. The van der Waals surface area contributed by atoms with Gasteiger partial charge in [0.1, 0.15) is 16.7 Å². The third-order valence-electron chi connectivity index (χ3n) is 4.63. The summed E-state index contributed by atoms with van der Waals surface area (Å²) in [5, 5.41) is 5.06. The number of fused-ring (bicyclic) bond motifs is 1. The third-order valence-corrected chi connectivity index (χ3v) is 6.99. The molecule has 29 heavy (non-hydrogen) atoms. The van der Waals surface area contributed by atoms with Crippen molar-refractivity contribution in [2.45, 2.75) is 24.8 Å². The Hall–Kier alpha value is -2.37. The molecule has 1 saturated heterocycles. The fraction of sp³-hybridized carbons (Fsp3) is 0.471. The number of ether oxygens (including phenoxy) is 1. The first-order chi connectivity index (χ1) is 13.6. The van der Waals surface area contributed by atoms with Crippen LogP contribution in [0, 0.1) is 0 Å². The van der Waals surface area contributed by atoms with Gasteiger partial charge in [0.2, 0.25) is 21.8 Å². The highest BCUT2D eigenvalue weighted by atomic mass is 35.5. The number of sulfonamides is 1. The molecule has 0 bridgehead atoms. The van der Waals surface area contributed by atoms with E-state index in [1.54, 1.807) is 6.92 Å². The molecule has 158 valence electrons. The number of amides is 3. The lowest BCUT2D eigenvalue weighted by Gasteiger charge is -2.35. The van der Waals surface area contributed by atoms with E-state index in [2.05, 4.69) is 10.6 Å². The van der Waals surface area contributed by atoms with Gasteiger partial charge in [-0.2, -0.15) is 4.31 Å². The molecule has 2 heterocycles. The van der Waals surface area contributed by atoms with Crippen molar-refractivity contribution in [2.75, 3.05) is 38.1 Å². The van der Waals surface area contributed by atoms with E-state index in [0.717, 1.165) is 0 Å². The molecule has 10 nitrogen and oxygen atoms in total. The minimum Gasteiger partial charge on any atom is -0.482 e. The summed E-state index contributed by atoms with van der Waals surface area (Å²) in [7, 11) is -3.93. The van der Waals surface area contributed by atoms with E-state index in [1.807, 2.05) is 0 Å². The molecule has 1 aromatic carbocycles. The fourth-order valence-electron chi connectivity index (χ4n) is 3.21. The first kappa shape index (κ1) is 21.3. The largest absolute Gasteiger partial charge is 0.482 e. The molecule has 0 unspecified atom stereocenters. The molecule has 1 atom stereocenters. The van der Waals surface area contributed by atoms with Crippen LogP contribution in [0.15, 0.2) is 17.0 Å². The van der Waals surface area contributed by atoms with Gasteiger partial charge in [0.15, 0.2) is 6.61 Å². The minimum absolute atomic E-state index is 0.0349. The summed E-state index contributed by atoms with van der Waals surface area (Å²) in [6.45, 7) is 3.26. The lowest BCUT2D eigenvalue weighted by molar-refractivity contribution is -0.136. The Morgan fingerprint density at radius 3 is 2.52 bits per heavy atom. The Morgan fingerprint density at radius 2 is 1.90 bits per heavy atom. The Kier molecular flexibility index (Phi) is 6.01. The first-order valence-electron chi connectivity index (χ1n) is 8.92. The van der Waals surface area contributed by atoms with Crippen LogP contribution in [0.4, 0.5) is 5.69 Å². The lowest BCUT2D eigenvalue weighted by Crippen LogP contribution is -2.54. The van der Waals surface area contributed by atoms with Crippen molar-refractivity contribution in [1.29, 1.82) is 0 Å². The number of nitrogens with zero attached hydrogens (tertiary/aromatic N) is 2. The molecular formula is C17H21ClN4O6S. The standard InChI is InChI=1S/C17H21ClN4O6S/c1-10(19-11(2)23)17(25)21-3-5-22(6-4-21)29(26,27)15-8-14-13(7-12(15)18)20-16(24)9-28-14/h7-8,10H,3-6,9H2,1-2H3,(H,19,23)(H,20,24)/t10-/m0/s1. The predicted octanol–water partition coefficient (Wildman–Crippen LogP) is 0.0284. The van der Waals surface area contributed by atoms with E-state index >= 15 is 0 Å². The normalized spacial score (nSPS) is 18.3. The summed E-state index contributed by atoms with van der Waals surface area (Å²) >= 11 is 6.16. The molecule has 0 radical (unpaired) electrons. The average molecular weight is 445 g/mol. The van der Waals surface area contributed by atoms with Gasteiger partial charge in [-0.25, -0.2) is 8.42 Å². The Labute approximate surface area is 173 Å². The second kappa shape index (κ2) is 8.17. The van der Waals surface area contributed by atoms with Crippen molar-refractivity contribution in [2.24, 2.45) is 0 Å². The van der Waals surface area contributed by atoms with Gasteiger partial charge in [-0.1, -0.05) is 11.6 Å². The monoisotopic (exact) mass is 444 g/mol. The second-order valence-corrected chi connectivity index (χ2v) is 9.08. The van der Waals surface area contributed by atoms with Gasteiger partial charge in [-0.3, -0.25) is 14.4 Å². The van der Waals surface area contributed by atoms with E-state index in [9.17, 15) is 22.8 Å². The van der Waals surface area contributed by atoms with Gasteiger partial charge in [0.05, 0.1) is 10.7 Å². The highest BCUT2D eigenvalue weighted by Crippen LogP contribution is 2.36. The molecule has 0 aromatic heterocycles. The van der Waals surface area contributed by atoms with Crippen LogP contribution >= 0.6 is 11.6 Å². The van der Waals surface area contributed by atoms with Crippen LogP contribution in [0.2, 0.25) is 5.02 Å². The van der Waals surface area contributed by atoms with E-state index in [1.165, 1.54) is 28.3 Å². The molecule has 0 saturated carbocycles. The van der Waals surface area contributed by atoms with Crippen LogP contribution in [0.5, 0.6) is 5.75 Å². The molecule has 12 heteroatoms. The number of benzene rings is 1. The van der Waals surface area contributed by atoms with Crippen molar-refractivity contribution in [3.63, 3.8) is 0 Å². The Bertz CT molecular complexity index is 959. The molecule has 3 amide bonds. The zero-order chi connectivity index (χ0) is 21.3. The number of carbonyl (C=O) groups excluding carboxylic acids is 3. The third kappa shape index (κ3) is 4.46. The number of piperazine rings is 1. The maximum atomic E-state index is 13.1. The van der Waals surface area contributed by atoms with Crippen LogP contribution in [-0.4, -0.2) is 74.2 Å². The van der Waals surface area contributed by atoms with Crippen LogP contribution in [0.25, 0.3) is 0 Å². The molecule has 2 N–H and O–H groups in total. The lowest BCUT2D eigenvalue weighted by atomic mass is 10.2. The zero-order valence-electron chi connectivity index (χ0n) is 15.9. The van der Waals surface area contributed by atoms with Crippen LogP contribution in [-0.2, 0) is 24.4 Å². The summed E-state index contributed by atoms with van der Waals surface area (Å²) in [6.07, 6.45) is 0.